The number of carbonyl (C=O) groups is 1. The molecular formula is C22H26Cl2N2O3S2. The van der Waals surface area contributed by atoms with Gasteiger partial charge >= 0.3 is 0 Å². The van der Waals surface area contributed by atoms with Crippen LogP contribution in [0.3, 0.4) is 0 Å². The lowest BCUT2D eigenvalue weighted by molar-refractivity contribution is -0.125. The van der Waals surface area contributed by atoms with Crippen molar-refractivity contribution in [1.82, 2.24) is 9.62 Å². The molecule has 0 bridgehead atoms. The number of hydrogen-bond acceptors (Lipinski definition) is 4. The monoisotopic (exact) mass is 500 g/mol. The van der Waals surface area contributed by atoms with Crippen LogP contribution in [0.5, 0.6) is 0 Å². The van der Waals surface area contributed by atoms with Gasteiger partial charge in [-0.05, 0) is 36.1 Å². The van der Waals surface area contributed by atoms with Gasteiger partial charge in [0.05, 0.1) is 5.75 Å². The smallest absolute Gasteiger partial charge is 0.223 e. The maximum atomic E-state index is 12.7. The first kappa shape index (κ1) is 24.4. The molecule has 1 aliphatic rings. The van der Waals surface area contributed by atoms with Crippen molar-refractivity contribution < 1.29 is 13.2 Å². The predicted octanol–water partition coefficient (Wildman–Crippen LogP) is 4.58. The molecule has 3 rings (SSSR count). The Morgan fingerprint density at radius 1 is 1.00 bits per heavy atom. The van der Waals surface area contributed by atoms with Gasteiger partial charge in [0.15, 0.2) is 0 Å². The Morgan fingerprint density at radius 3 is 2.19 bits per heavy atom. The second-order valence-corrected chi connectivity index (χ2v) is 11.3. The Hall–Kier alpha value is -1.25. The summed E-state index contributed by atoms with van der Waals surface area (Å²) in [5.74, 6) is 1.33. The fourth-order valence-corrected chi connectivity index (χ4v) is 6.51. The van der Waals surface area contributed by atoms with Gasteiger partial charge in [-0.2, -0.15) is 11.8 Å². The summed E-state index contributed by atoms with van der Waals surface area (Å²) in [6.07, 6.45) is 1.06. The number of amides is 1. The first-order valence-electron chi connectivity index (χ1n) is 10.2. The van der Waals surface area contributed by atoms with E-state index in [1.54, 1.807) is 36.0 Å². The third kappa shape index (κ3) is 7.12. The minimum absolute atomic E-state index is 0.00138. The molecule has 1 heterocycles. The van der Waals surface area contributed by atoms with Crippen LogP contribution in [0, 0.1) is 5.92 Å². The van der Waals surface area contributed by atoms with E-state index in [0.717, 1.165) is 22.1 Å². The molecule has 31 heavy (non-hydrogen) atoms. The Kier molecular flexibility index (Phi) is 9.10. The van der Waals surface area contributed by atoms with E-state index in [1.165, 1.54) is 4.31 Å². The van der Waals surface area contributed by atoms with E-state index < -0.39 is 10.0 Å². The molecule has 0 radical (unpaired) electrons. The topological polar surface area (TPSA) is 66.5 Å². The number of sulfonamides is 1. The molecule has 9 heteroatoms. The summed E-state index contributed by atoms with van der Waals surface area (Å²) in [7, 11) is -3.46. The van der Waals surface area contributed by atoms with Crippen molar-refractivity contribution in [2.75, 3.05) is 25.4 Å². The highest BCUT2D eigenvalue weighted by molar-refractivity contribution is 7.98. The number of carbonyl (C=O) groups excluding carboxylic acids is 1. The average Bonchev–Trinajstić information content (AvgIpc) is 2.76. The van der Waals surface area contributed by atoms with E-state index in [-0.39, 0.29) is 17.6 Å². The average molecular weight is 502 g/mol. The normalized spacial score (nSPS) is 15.7. The lowest BCUT2D eigenvalue weighted by atomic mass is 9.97. The van der Waals surface area contributed by atoms with Crippen molar-refractivity contribution in [1.29, 1.82) is 0 Å². The number of nitrogens with zero attached hydrogens (tertiary/aromatic N) is 1. The highest BCUT2D eigenvalue weighted by Crippen LogP contribution is 2.24. The second-order valence-electron chi connectivity index (χ2n) is 7.46. The minimum atomic E-state index is -3.46. The van der Waals surface area contributed by atoms with Gasteiger partial charge in [0.2, 0.25) is 15.9 Å². The number of hydrogen-bond donors (Lipinski definition) is 1. The van der Waals surface area contributed by atoms with Crippen LogP contribution >= 0.6 is 35.0 Å². The summed E-state index contributed by atoms with van der Waals surface area (Å²) in [6, 6.07) is 14.7. The number of halogens is 2. The Labute approximate surface area is 198 Å². The van der Waals surface area contributed by atoms with Gasteiger partial charge in [0.1, 0.15) is 0 Å². The summed E-state index contributed by atoms with van der Waals surface area (Å²) in [6.45, 7) is 1.29. The molecule has 5 nitrogen and oxygen atoms in total. The van der Waals surface area contributed by atoms with Crippen LogP contribution in [0.1, 0.15) is 24.0 Å². The number of piperidine rings is 1. The zero-order valence-corrected chi connectivity index (χ0v) is 20.2. The van der Waals surface area contributed by atoms with E-state index in [4.69, 9.17) is 23.2 Å². The van der Waals surface area contributed by atoms with Crippen molar-refractivity contribution in [3.8, 4) is 0 Å². The number of thioether (sulfide) groups is 1. The molecule has 168 valence electrons. The first-order chi connectivity index (χ1) is 14.9. The van der Waals surface area contributed by atoms with Gasteiger partial charge in [-0.15, -0.1) is 0 Å². The van der Waals surface area contributed by atoms with E-state index >= 15 is 0 Å². The molecule has 2 aromatic carbocycles. The zero-order chi connectivity index (χ0) is 22.3. The van der Waals surface area contributed by atoms with Crippen molar-refractivity contribution in [3.05, 3.63) is 69.7 Å². The largest absolute Gasteiger partial charge is 0.355 e. The summed E-state index contributed by atoms with van der Waals surface area (Å²) in [5, 5.41) is 4.19. The van der Waals surface area contributed by atoms with Crippen molar-refractivity contribution in [2.45, 2.75) is 24.3 Å². The van der Waals surface area contributed by atoms with Crippen LogP contribution in [-0.2, 0) is 26.3 Å². The maximum Gasteiger partial charge on any atom is 0.223 e. The summed E-state index contributed by atoms with van der Waals surface area (Å²) < 4.78 is 26.9. The van der Waals surface area contributed by atoms with Crippen LogP contribution in [0.15, 0.2) is 48.5 Å². The molecule has 0 unspecified atom stereocenters. The fourth-order valence-electron chi connectivity index (χ4n) is 3.49. The molecule has 1 aliphatic heterocycles. The van der Waals surface area contributed by atoms with E-state index in [0.29, 0.717) is 43.1 Å². The molecule has 1 fully saturated rings. The number of nitrogens with one attached hydrogen (secondary N) is 1. The molecule has 0 aromatic heterocycles. The van der Waals surface area contributed by atoms with Crippen LogP contribution in [0.25, 0.3) is 0 Å². The van der Waals surface area contributed by atoms with Crippen molar-refractivity contribution in [3.63, 3.8) is 0 Å². The Balaban J connectivity index is 1.38. The van der Waals surface area contributed by atoms with Crippen LogP contribution < -0.4 is 5.32 Å². The molecule has 1 saturated heterocycles. The van der Waals surface area contributed by atoms with Gasteiger partial charge in [0.25, 0.3) is 0 Å². The van der Waals surface area contributed by atoms with Gasteiger partial charge in [-0.1, -0.05) is 59.6 Å². The second kappa shape index (κ2) is 11.6. The Bertz CT molecular complexity index is 994. The fraction of sp³-hybridized carbons (Fsp3) is 0.409. The molecular weight excluding hydrogens is 475 g/mol. The van der Waals surface area contributed by atoms with E-state index in [9.17, 15) is 13.2 Å². The van der Waals surface area contributed by atoms with Crippen molar-refractivity contribution in [2.24, 2.45) is 5.92 Å². The molecule has 0 saturated carbocycles. The summed E-state index contributed by atoms with van der Waals surface area (Å²) in [4.78, 5) is 12.5. The van der Waals surface area contributed by atoms with Gasteiger partial charge in [0, 0.05) is 47.1 Å². The summed E-state index contributed by atoms with van der Waals surface area (Å²) in [5.41, 5.74) is 1.68. The van der Waals surface area contributed by atoms with E-state index in [1.807, 2.05) is 24.3 Å². The third-order valence-electron chi connectivity index (χ3n) is 5.27. The number of rotatable bonds is 9. The van der Waals surface area contributed by atoms with Crippen LogP contribution in [-0.4, -0.2) is 44.0 Å². The molecule has 1 amide bonds. The maximum absolute atomic E-state index is 12.7. The zero-order valence-electron chi connectivity index (χ0n) is 17.1. The molecule has 0 atom stereocenters. The van der Waals surface area contributed by atoms with Gasteiger partial charge < -0.3 is 5.32 Å². The first-order valence-corrected chi connectivity index (χ1v) is 13.7. The SMILES string of the molecule is O=C(NCCSCc1ccccc1Cl)C1CCN(S(=O)(=O)Cc2ccccc2Cl)CC1. The minimum Gasteiger partial charge on any atom is -0.355 e. The molecule has 0 spiro atoms. The van der Waals surface area contributed by atoms with Crippen LogP contribution in [0.2, 0.25) is 10.0 Å². The predicted molar refractivity (Wildman–Crippen MR) is 129 cm³/mol. The number of benzene rings is 2. The Morgan fingerprint density at radius 2 is 1.58 bits per heavy atom. The highest BCUT2D eigenvalue weighted by atomic mass is 35.5. The molecule has 1 N–H and O–H groups in total. The summed E-state index contributed by atoms with van der Waals surface area (Å²) >= 11 is 14.0. The van der Waals surface area contributed by atoms with Crippen molar-refractivity contribution >= 4 is 50.9 Å². The molecule has 0 aliphatic carbocycles. The highest BCUT2D eigenvalue weighted by Gasteiger charge is 2.31. The van der Waals surface area contributed by atoms with E-state index in [2.05, 4.69) is 5.32 Å². The lowest BCUT2D eigenvalue weighted by Crippen LogP contribution is -2.43. The quantitative estimate of drug-likeness (QED) is 0.511. The lowest BCUT2D eigenvalue weighted by Gasteiger charge is -2.30. The molecule has 2 aromatic rings. The third-order valence-corrected chi connectivity index (χ3v) is 8.85. The van der Waals surface area contributed by atoms with Gasteiger partial charge in [-0.25, -0.2) is 12.7 Å². The van der Waals surface area contributed by atoms with Gasteiger partial charge in [-0.3, -0.25) is 4.79 Å². The van der Waals surface area contributed by atoms with Crippen LogP contribution in [0.4, 0.5) is 0 Å². The standard InChI is InChI=1S/C22H26Cl2N2O3S2/c23-20-7-3-1-5-18(20)15-30-14-11-25-22(27)17-9-12-26(13-10-17)31(28,29)16-19-6-2-4-8-21(19)24/h1-8,17H,9-16H2,(H,25,27).